The van der Waals surface area contributed by atoms with E-state index in [1.807, 2.05) is 0 Å². The van der Waals surface area contributed by atoms with Crippen LogP contribution in [0, 0.1) is 20.2 Å². The number of ether oxygens (including phenoxy) is 1. The normalized spacial score (nSPS) is 9.85. The largest absolute Gasteiger partial charge is 0.477 e. The van der Waals surface area contributed by atoms with E-state index in [1.54, 1.807) is 0 Å². The summed E-state index contributed by atoms with van der Waals surface area (Å²) in [5.74, 6) is -1.54. The molecule has 0 saturated carbocycles. The van der Waals surface area contributed by atoms with Crippen LogP contribution in [0.25, 0.3) is 0 Å². The van der Waals surface area contributed by atoms with Crippen LogP contribution in [0.4, 0.5) is 11.4 Å². The van der Waals surface area contributed by atoms with Crippen molar-refractivity contribution in [3.8, 4) is 5.75 Å². The van der Waals surface area contributed by atoms with Crippen molar-refractivity contribution in [2.24, 2.45) is 0 Å². The van der Waals surface area contributed by atoms with E-state index in [0.717, 1.165) is 12.1 Å². The van der Waals surface area contributed by atoms with Gasteiger partial charge >= 0.3 is 5.69 Å². The van der Waals surface area contributed by atoms with Crippen molar-refractivity contribution in [2.45, 2.75) is 0 Å². The van der Waals surface area contributed by atoms with Crippen LogP contribution in [0.3, 0.4) is 0 Å². The van der Waals surface area contributed by atoms with Crippen molar-refractivity contribution >= 4 is 23.2 Å². The zero-order valence-electron chi connectivity index (χ0n) is 13.1. The molecule has 0 bridgehead atoms. The Bertz CT molecular complexity index is 851. The standard InChI is InChI=1S/C15H12N4O7/c20-14(9-26-13-4-2-1-3-12(13)19(24)25)16-17-15(21)10-5-7-11(8-6-10)18(22)23/h1-8H,9H2,(H,16,20)(H,17,21). The highest BCUT2D eigenvalue weighted by Gasteiger charge is 2.15. The van der Waals surface area contributed by atoms with Crippen molar-refractivity contribution in [3.05, 3.63) is 74.3 Å². The average Bonchev–Trinajstić information content (AvgIpc) is 2.64. The fraction of sp³-hybridized carbons (Fsp3) is 0.0667. The first-order valence-corrected chi connectivity index (χ1v) is 7.08. The van der Waals surface area contributed by atoms with Crippen molar-refractivity contribution in [1.82, 2.24) is 10.9 Å². The van der Waals surface area contributed by atoms with Gasteiger partial charge in [-0.1, -0.05) is 12.1 Å². The molecule has 0 aliphatic heterocycles. The lowest BCUT2D eigenvalue weighted by Gasteiger charge is -2.09. The number of carbonyl (C=O) groups is 2. The van der Waals surface area contributed by atoms with Crippen LogP contribution in [0.15, 0.2) is 48.5 Å². The Morgan fingerprint density at radius 3 is 2.19 bits per heavy atom. The maximum Gasteiger partial charge on any atom is 0.310 e. The Balaban J connectivity index is 1.86. The highest BCUT2D eigenvalue weighted by atomic mass is 16.6. The second-order valence-corrected chi connectivity index (χ2v) is 4.82. The molecule has 2 rings (SSSR count). The molecular weight excluding hydrogens is 348 g/mol. The number of para-hydroxylation sites is 2. The summed E-state index contributed by atoms with van der Waals surface area (Å²) in [4.78, 5) is 43.6. The van der Waals surface area contributed by atoms with Crippen molar-refractivity contribution < 1.29 is 24.2 Å². The second-order valence-electron chi connectivity index (χ2n) is 4.82. The molecular formula is C15H12N4O7. The summed E-state index contributed by atoms with van der Waals surface area (Å²) in [6.07, 6.45) is 0. The maximum atomic E-state index is 11.8. The van der Waals surface area contributed by atoms with Gasteiger partial charge in [-0.2, -0.15) is 0 Å². The van der Waals surface area contributed by atoms with Gasteiger partial charge in [0, 0.05) is 23.8 Å². The molecule has 2 N–H and O–H groups in total. The Hall–Kier alpha value is -4.02. The number of hydrazine groups is 1. The predicted octanol–water partition coefficient (Wildman–Crippen LogP) is 1.34. The minimum Gasteiger partial charge on any atom is -0.477 e. The Kier molecular flexibility index (Phi) is 5.77. The van der Waals surface area contributed by atoms with E-state index in [-0.39, 0.29) is 22.7 Å². The lowest BCUT2D eigenvalue weighted by Crippen LogP contribution is -2.43. The number of carbonyl (C=O) groups excluding carboxylic acids is 2. The lowest BCUT2D eigenvalue weighted by atomic mass is 10.2. The molecule has 0 fully saturated rings. The molecule has 0 unspecified atom stereocenters. The van der Waals surface area contributed by atoms with Gasteiger partial charge in [0.15, 0.2) is 12.4 Å². The molecule has 0 aliphatic carbocycles. The summed E-state index contributed by atoms with van der Waals surface area (Å²) in [5, 5.41) is 21.4. The molecule has 0 heterocycles. The number of hydrogen-bond donors (Lipinski definition) is 2. The molecule has 0 spiro atoms. The average molecular weight is 360 g/mol. The molecule has 11 nitrogen and oxygen atoms in total. The van der Waals surface area contributed by atoms with E-state index in [0.29, 0.717) is 0 Å². The third kappa shape index (κ3) is 4.74. The summed E-state index contributed by atoms with van der Waals surface area (Å²) < 4.78 is 5.06. The quantitative estimate of drug-likeness (QED) is 0.582. The minimum absolute atomic E-state index is 0.0886. The molecule has 0 saturated heterocycles. The fourth-order valence-electron chi connectivity index (χ4n) is 1.84. The van der Waals surface area contributed by atoms with Crippen LogP contribution in [0.1, 0.15) is 10.4 Å². The summed E-state index contributed by atoms with van der Waals surface area (Å²) >= 11 is 0. The fourth-order valence-corrected chi connectivity index (χ4v) is 1.84. The van der Waals surface area contributed by atoms with Crippen LogP contribution >= 0.6 is 0 Å². The second kappa shape index (κ2) is 8.19. The zero-order chi connectivity index (χ0) is 19.1. The summed E-state index contributed by atoms with van der Waals surface area (Å²) in [6.45, 7) is -0.564. The molecule has 2 amide bonds. The number of hydrogen-bond acceptors (Lipinski definition) is 7. The first-order valence-electron chi connectivity index (χ1n) is 7.08. The Morgan fingerprint density at radius 1 is 0.923 bits per heavy atom. The van der Waals surface area contributed by atoms with Crippen LogP contribution in [0.2, 0.25) is 0 Å². The van der Waals surface area contributed by atoms with Gasteiger partial charge in [-0.15, -0.1) is 0 Å². The number of nitrogens with one attached hydrogen (secondary N) is 2. The number of nitro benzene ring substituents is 2. The van der Waals surface area contributed by atoms with E-state index < -0.39 is 28.3 Å². The summed E-state index contributed by atoms with van der Waals surface area (Å²) in [5.41, 5.74) is 3.79. The SMILES string of the molecule is O=C(COc1ccccc1[N+](=O)[O-])NNC(=O)c1ccc([N+](=O)[O-])cc1. The highest BCUT2D eigenvalue weighted by Crippen LogP contribution is 2.25. The van der Waals surface area contributed by atoms with Gasteiger partial charge in [-0.05, 0) is 18.2 Å². The molecule has 26 heavy (non-hydrogen) atoms. The summed E-state index contributed by atoms with van der Waals surface area (Å²) in [6, 6.07) is 10.3. The van der Waals surface area contributed by atoms with E-state index in [1.165, 1.54) is 36.4 Å². The molecule has 0 radical (unpaired) electrons. The molecule has 0 aromatic heterocycles. The number of nitrogens with zero attached hydrogens (tertiary/aromatic N) is 2. The van der Waals surface area contributed by atoms with E-state index in [2.05, 4.69) is 10.9 Å². The predicted molar refractivity (Wildman–Crippen MR) is 87.3 cm³/mol. The van der Waals surface area contributed by atoms with E-state index in [4.69, 9.17) is 4.74 Å². The molecule has 2 aromatic rings. The van der Waals surface area contributed by atoms with Gasteiger partial charge in [-0.25, -0.2) is 0 Å². The van der Waals surface area contributed by atoms with Crippen LogP contribution in [-0.2, 0) is 4.79 Å². The molecule has 0 aliphatic rings. The number of amides is 2. The van der Waals surface area contributed by atoms with E-state index in [9.17, 15) is 29.8 Å². The molecule has 11 heteroatoms. The third-order valence-electron chi connectivity index (χ3n) is 3.08. The lowest BCUT2D eigenvalue weighted by molar-refractivity contribution is -0.385. The number of benzene rings is 2. The van der Waals surface area contributed by atoms with Crippen molar-refractivity contribution in [2.75, 3.05) is 6.61 Å². The van der Waals surface area contributed by atoms with Gasteiger partial charge in [0.25, 0.3) is 17.5 Å². The van der Waals surface area contributed by atoms with Crippen LogP contribution < -0.4 is 15.6 Å². The first kappa shape index (κ1) is 18.3. The van der Waals surface area contributed by atoms with Gasteiger partial charge in [-0.3, -0.25) is 40.7 Å². The van der Waals surface area contributed by atoms with Crippen molar-refractivity contribution in [1.29, 1.82) is 0 Å². The van der Waals surface area contributed by atoms with Gasteiger partial charge in [0.05, 0.1) is 9.85 Å². The van der Waals surface area contributed by atoms with Crippen molar-refractivity contribution in [3.63, 3.8) is 0 Å². The van der Waals surface area contributed by atoms with Crippen LogP contribution in [0.5, 0.6) is 5.75 Å². The molecule has 0 atom stereocenters. The van der Waals surface area contributed by atoms with Gasteiger partial charge < -0.3 is 4.74 Å². The monoisotopic (exact) mass is 360 g/mol. The topological polar surface area (TPSA) is 154 Å². The molecule has 134 valence electrons. The smallest absolute Gasteiger partial charge is 0.310 e. The Labute approximate surface area is 145 Å². The number of rotatable bonds is 6. The Morgan fingerprint density at radius 2 is 1.58 bits per heavy atom. The number of non-ortho nitro benzene ring substituents is 1. The maximum absolute atomic E-state index is 11.8. The molecule has 2 aromatic carbocycles. The highest BCUT2D eigenvalue weighted by molar-refractivity contribution is 5.95. The third-order valence-corrected chi connectivity index (χ3v) is 3.08. The van der Waals surface area contributed by atoms with Gasteiger partial charge in [0.2, 0.25) is 0 Å². The first-order chi connectivity index (χ1) is 12.4. The minimum atomic E-state index is -0.751. The zero-order valence-corrected chi connectivity index (χ0v) is 13.1. The van der Waals surface area contributed by atoms with E-state index >= 15 is 0 Å². The summed E-state index contributed by atoms with van der Waals surface area (Å²) in [7, 11) is 0. The van der Waals surface area contributed by atoms with Crippen LogP contribution in [-0.4, -0.2) is 28.3 Å². The number of nitro groups is 2. The van der Waals surface area contributed by atoms with Gasteiger partial charge in [0.1, 0.15) is 0 Å².